The van der Waals surface area contributed by atoms with E-state index in [0.29, 0.717) is 23.0 Å². The van der Waals surface area contributed by atoms with E-state index < -0.39 is 0 Å². The molecule has 8 nitrogen and oxygen atoms in total. The Morgan fingerprint density at radius 3 is 2.48 bits per heavy atom. The molecule has 0 atom stereocenters. The molecule has 8 heteroatoms. The van der Waals surface area contributed by atoms with Gasteiger partial charge >= 0.3 is 0 Å². The second-order valence-electron chi connectivity index (χ2n) is 6.66. The summed E-state index contributed by atoms with van der Waals surface area (Å²) in [7, 11) is 3.23. The first-order chi connectivity index (χ1) is 14.2. The first kappa shape index (κ1) is 17.2. The van der Waals surface area contributed by atoms with Gasteiger partial charge in [0.25, 0.3) is 0 Å². The molecule has 0 fully saturated rings. The van der Waals surface area contributed by atoms with Crippen LogP contribution in [0.1, 0.15) is 5.56 Å². The van der Waals surface area contributed by atoms with Gasteiger partial charge in [-0.2, -0.15) is 5.10 Å². The number of aryl methyl sites for hydroxylation is 1. The number of aromatic nitrogens is 6. The Morgan fingerprint density at radius 1 is 0.897 bits per heavy atom. The Labute approximate surface area is 166 Å². The number of methoxy groups -OCH3 is 2. The maximum Gasteiger partial charge on any atom is 0.175 e. The van der Waals surface area contributed by atoms with Crippen LogP contribution in [0.5, 0.6) is 11.5 Å². The zero-order valence-corrected chi connectivity index (χ0v) is 16.2. The van der Waals surface area contributed by atoms with Crippen molar-refractivity contribution in [2.75, 3.05) is 14.2 Å². The zero-order chi connectivity index (χ0) is 20.0. The summed E-state index contributed by atoms with van der Waals surface area (Å²) < 4.78 is 14.4. The lowest BCUT2D eigenvalue weighted by Crippen LogP contribution is -1.99. The van der Waals surface area contributed by atoms with Crippen molar-refractivity contribution in [1.82, 2.24) is 29.4 Å². The smallest absolute Gasteiger partial charge is 0.175 e. The van der Waals surface area contributed by atoms with Gasteiger partial charge in [-0.3, -0.25) is 4.40 Å². The Balaban J connectivity index is 1.68. The van der Waals surface area contributed by atoms with E-state index in [2.05, 4.69) is 27.2 Å². The standard InChI is InChI=1S/C21H18N6O2/c1-13-4-6-14(7-5-13)27-19-17(11-23-27)21-25-24-20(26(21)12-22-19)16-9-8-15(28-2)10-18(16)29-3/h4-12H,1-3H3. The first-order valence-corrected chi connectivity index (χ1v) is 9.06. The molecule has 0 aliphatic heterocycles. The Kier molecular flexibility index (Phi) is 3.90. The molecule has 0 spiro atoms. The number of nitrogens with zero attached hydrogens (tertiary/aromatic N) is 6. The number of ether oxygens (including phenoxy) is 2. The van der Waals surface area contributed by atoms with Crippen LogP contribution >= 0.6 is 0 Å². The molecule has 0 saturated carbocycles. The molecule has 0 bridgehead atoms. The van der Waals surface area contributed by atoms with Gasteiger partial charge in [0.05, 0.1) is 37.1 Å². The summed E-state index contributed by atoms with van der Waals surface area (Å²) in [6, 6.07) is 13.7. The van der Waals surface area contributed by atoms with Crippen molar-refractivity contribution in [3.63, 3.8) is 0 Å². The maximum atomic E-state index is 5.52. The molecule has 0 aliphatic rings. The van der Waals surface area contributed by atoms with Crippen molar-refractivity contribution in [3.05, 3.63) is 60.6 Å². The summed E-state index contributed by atoms with van der Waals surface area (Å²) in [6.45, 7) is 2.05. The van der Waals surface area contributed by atoms with Crippen LogP contribution in [-0.2, 0) is 0 Å². The molecule has 0 saturated heterocycles. The van der Waals surface area contributed by atoms with Crippen molar-refractivity contribution in [2.45, 2.75) is 6.92 Å². The SMILES string of the molecule is COc1ccc(-c2nnc3c4cnn(-c5ccc(C)cc5)c4ncn23)c(OC)c1. The second-order valence-corrected chi connectivity index (χ2v) is 6.66. The lowest BCUT2D eigenvalue weighted by atomic mass is 10.2. The van der Waals surface area contributed by atoms with E-state index in [0.717, 1.165) is 22.3 Å². The van der Waals surface area contributed by atoms with Crippen LogP contribution in [0.25, 0.3) is 33.8 Å². The van der Waals surface area contributed by atoms with Gasteiger partial charge in [-0.15, -0.1) is 10.2 Å². The lowest BCUT2D eigenvalue weighted by Gasteiger charge is -2.09. The summed E-state index contributed by atoms with van der Waals surface area (Å²) in [4.78, 5) is 4.63. The van der Waals surface area contributed by atoms with Crippen LogP contribution in [0.3, 0.4) is 0 Å². The summed E-state index contributed by atoms with van der Waals surface area (Å²) in [5.41, 5.74) is 4.34. The summed E-state index contributed by atoms with van der Waals surface area (Å²) in [6.07, 6.45) is 3.48. The highest BCUT2D eigenvalue weighted by Gasteiger charge is 2.18. The molecule has 0 amide bonds. The highest BCUT2D eigenvalue weighted by atomic mass is 16.5. The zero-order valence-electron chi connectivity index (χ0n) is 16.2. The number of hydrogen-bond donors (Lipinski definition) is 0. The largest absolute Gasteiger partial charge is 0.497 e. The Morgan fingerprint density at radius 2 is 1.72 bits per heavy atom. The van der Waals surface area contributed by atoms with Crippen LogP contribution in [0.15, 0.2) is 55.0 Å². The number of fused-ring (bicyclic) bond motifs is 3. The molecule has 0 radical (unpaired) electrons. The van der Waals surface area contributed by atoms with Crippen LogP contribution < -0.4 is 9.47 Å². The predicted octanol–water partition coefficient (Wildman–Crippen LogP) is 3.46. The predicted molar refractivity (Wildman–Crippen MR) is 109 cm³/mol. The van der Waals surface area contributed by atoms with Crippen LogP contribution in [0.4, 0.5) is 0 Å². The summed E-state index contributed by atoms with van der Waals surface area (Å²) in [5.74, 6) is 1.99. The number of benzene rings is 2. The fourth-order valence-corrected chi connectivity index (χ4v) is 3.36. The van der Waals surface area contributed by atoms with Gasteiger partial charge < -0.3 is 9.47 Å². The van der Waals surface area contributed by atoms with Crippen LogP contribution in [0, 0.1) is 6.92 Å². The summed E-state index contributed by atoms with van der Waals surface area (Å²) in [5, 5.41) is 14.1. The highest BCUT2D eigenvalue weighted by Crippen LogP contribution is 2.33. The van der Waals surface area contributed by atoms with Crippen molar-refractivity contribution in [2.24, 2.45) is 0 Å². The average Bonchev–Trinajstić information content (AvgIpc) is 3.38. The van der Waals surface area contributed by atoms with Gasteiger partial charge in [-0.05, 0) is 31.2 Å². The molecule has 0 unspecified atom stereocenters. The van der Waals surface area contributed by atoms with E-state index >= 15 is 0 Å². The third-order valence-electron chi connectivity index (χ3n) is 4.90. The van der Waals surface area contributed by atoms with E-state index in [1.807, 2.05) is 46.9 Å². The van der Waals surface area contributed by atoms with Gasteiger partial charge in [0.2, 0.25) is 0 Å². The van der Waals surface area contributed by atoms with Gasteiger partial charge in [0.15, 0.2) is 17.1 Å². The minimum Gasteiger partial charge on any atom is -0.497 e. The number of rotatable bonds is 4. The molecule has 0 aliphatic carbocycles. The van der Waals surface area contributed by atoms with Gasteiger partial charge in [0.1, 0.15) is 17.8 Å². The van der Waals surface area contributed by atoms with Gasteiger partial charge in [-0.1, -0.05) is 17.7 Å². The molecule has 5 rings (SSSR count). The Hall–Kier alpha value is -3.94. The quantitative estimate of drug-likeness (QED) is 0.471. The minimum atomic E-state index is 0.636. The molecular formula is C21H18N6O2. The molecule has 3 aromatic heterocycles. The first-order valence-electron chi connectivity index (χ1n) is 9.06. The number of hydrogen-bond acceptors (Lipinski definition) is 6. The second kappa shape index (κ2) is 6.59. The molecule has 0 N–H and O–H groups in total. The monoisotopic (exact) mass is 386 g/mol. The molecule has 29 heavy (non-hydrogen) atoms. The van der Waals surface area contributed by atoms with E-state index in [9.17, 15) is 0 Å². The molecule has 3 heterocycles. The van der Waals surface area contributed by atoms with Crippen molar-refractivity contribution >= 4 is 16.7 Å². The van der Waals surface area contributed by atoms with Gasteiger partial charge in [-0.25, -0.2) is 9.67 Å². The van der Waals surface area contributed by atoms with E-state index in [1.54, 1.807) is 31.4 Å². The molecule has 144 valence electrons. The fraction of sp³-hybridized carbons (Fsp3) is 0.143. The molecule has 5 aromatic rings. The average molecular weight is 386 g/mol. The normalized spacial score (nSPS) is 11.3. The van der Waals surface area contributed by atoms with Crippen LogP contribution in [-0.4, -0.2) is 43.6 Å². The van der Waals surface area contributed by atoms with E-state index in [4.69, 9.17) is 9.47 Å². The minimum absolute atomic E-state index is 0.636. The fourth-order valence-electron chi connectivity index (χ4n) is 3.36. The van der Waals surface area contributed by atoms with Gasteiger partial charge in [0, 0.05) is 6.07 Å². The third-order valence-corrected chi connectivity index (χ3v) is 4.90. The van der Waals surface area contributed by atoms with Crippen molar-refractivity contribution in [3.8, 4) is 28.6 Å². The lowest BCUT2D eigenvalue weighted by molar-refractivity contribution is 0.395. The van der Waals surface area contributed by atoms with Crippen molar-refractivity contribution < 1.29 is 9.47 Å². The summed E-state index contributed by atoms with van der Waals surface area (Å²) >= 11 is 0. The highest BCUT2D eigenvalue weighted by molar-refractivity contribution is 5.90. The molecule has 2 aromatic carbocycles. The van der Waals surface area contributed by atoms with E-state index in [-0.39, 0.29) is 0 Å². The topological polar surface area (TPSA) is 79.4 Å². The third kappa shape index (κ3) is 2.68. The van der Waals surface area contributed by atoms with Crippen molar-refractivity contribution in [1.29, 1.82) is 0 Å². The molecular weight excluding hydrogens is 368 g/mol. The van der Waals surface area contributed by atoms with Crippen LogP contribution in [0.2, 0.25) is 0 Å². The van der Waals surface area contributed by atoms with E-state index in [1.165, 1.54) is 5.56 Å². The Bertz CT molecular complexity index is 1340. The maximum absolute atomic E-state index is 5.52.